The zero-order chi connectivity index (χ0) is 34.1. The van der Waals surface area contributed by atoms with Gasteiger partial charge in [-0.1, -0.05) is 17.7 Å². The number of nitrogens with one attached hydrogen (secondary N) is 1. The van der Waals surface area contributed by atoms with Gasteiger partial charge >= 0.3 is 5.97 Å². The van der Waals surface area contributed by atoms with Gasteiger partial charge in [0.2, 0.25) is 0 Å². The molecule has 2 aromatic carbocycles. The Hall–Kier alpha value is -3.49. The van der Waals surface area contributed by atoms with E-state index in [2.05, 4.69) is 27.3 Å². The maximum Gasteiger partial charge on any atom is 0.329 e. The summed E-state index contributed by atoms with van der Waals surface area (Å²) in [4.78, 5) is 20.1. The molecule has 3 aromatic rings. The van der Waals surface area contributed by atoms with Gasteiger partial charge in [-0.15, -0.1) is 0 Å². The molecule has 2 aliphatic heterocycles. The van der Waals surface area contributed by atoms with Gasteiger partial charge in [-0.3, -0.25) is 4.98 Å². The van der Waals surface area contributed by atoms with Crippen LogP contribution in [0.15, 0.2) is 48.7 Å². The summed E-state index contributed by atoms with van der Waals surface area (Å²) in [5.41, 5.74) is 4.69. The molecule has 3 heterocycles. The molecule has 9 heteroatoms. The largest absolute Gasteiger partial charge is 0.493 e. The van der Waals surface area contributed by atoms with Gasteiger partial charge in [0, 0.05) is 40.6 Å². The third-order valence-corrected chi connectivity index (χ3v) is 12.6. The first kappa shape index (κ1) is 33.6. The van der Waals surface area contributed by atoms with Gasteiger partial charge < -0.3 is 29.5 Å². The molecule has 8 nitrogen and oxygen atoms in total. The molecule has 2 fully saturated rings. The number of aromatic nitrogens is 1. The number of anilines is 1. The highest BCUT2D eigenvalue weighted by atomic mass is 35.5. The van der Waals surface area contributed by atoms with E-state index in [0.29, 0.717) is 49.5 Å². The van der Waals surface area contributed by atoms with Crippen LogP contribution in [0.2, 0.25) is 5.02 Å². The fourth-order valence-corrected chi connectivity index (χ4v) is 9.88. The summed E-state index contributed by atoms with van der Waals surface area (Å²) in [6.45, 7) is 5.34. The normalized spacial score (nSPS) is 27.4. The lowest BCUT2D eigenvalue weighted by Gasteiger charge is -2.47. The Bertz CT molecular complexity index is 1700. The van der Waals surface area contributed by atoms with Crippen molar-refractivity contribution in [2.24, 2.45) is 11.8 Å². The van der Waals surface area contributed by atoms with Crippen LogP contribution >= 0.6 is 11.6 Å². The summed E-state index contributed by atoms with van der Waals surface area (Å²) in [7, 11) is 0. The molecule has 2 unspecified atom stereocenters. The van der Waals surface area contributed by atoms with Crippen molar-refractivity contribution in [1.29, 1.82) is 0 Å². The third kappa shape index (κ3) is 6.66. The van der Waals surface area contributed by atoms with Gasteiger partial charge in [-0.2, -0.15) is 0 Å². The first-order valence-corrected chi connectivity index (χ1v) is 19.3. The number of pyridine rings is 1. The van der Waals surface area contributed by atoms with Gasteiger partial charge in [-0.05, 0) is 155 Å². The number of fused-ring (bicyclic) bond motifs is 4. The van der Waals surface area contributed by atoms with E-state index in [4.69, 9.17) is 25.8 Å². The predicted molar refractivity (Wildman–Crippen MR) is 195 cm³/mol. The average Bonchev–Trinajstić information content (AvgIpc) is 3.68. The number of ether oxygens (including phenoxy) is 3. The Morgan fingerprint density at radius 2 is 1.78 bits per heavy atom. The van der Waals surface area contributed by atoms with Crippen LogP contribution < -0.4 is 19.5 Å². The van der Waals surface area contributed by atoms with Gasteiger partial charge in [0.05, 0.1) is 19.8 Å². The molecule has 5 aliphatic rings. The second kappa shape index (κ2) is 14.3. The van der Waals surface area contributed by atoms with Crippen LogP contribution in [0.25, 0.3) is 0 Å². The quantitative estimate of drug-likeness (QED) is 0.207. The number of carboxylic acid groups (broad SMARTS) is 1. The highest BCUT2D eigenvalue weighted by Gasteiger charge is 2.54. The van der Waals surface area contributed by atoms with E-state index >= 15 is 0 Å². The van der Waals surface area contributed by atoms with Crippen LogP contribution in [0, 0.1) is 11.8 Å². The second-order valence-electron chi connectivity index (χ2n) is 15.5. The summed E-state index contributed by atoms with van der Waals surface area (Å²) < 4.78 is 19.4. The van der Waals surface area contributed by atoms with Crippen LogP contribution in [0.5, 0.6) is 17.2 Å². The van der Waals surface area contributed by atoms with E-state index in [1.165, 1.54) is 61.2 Å². The molecule has 1 saturated heterocycles. The van der Waals surface area contributed by atoms with Crippen molar-refractivity contribution >= 4 is 23.3 Å². The van der Waals surface area contributed by atoms with E-state index in [1.54, 1.807) is 0 Å². The second-order valence-corrected chi connectivity index (χ2v) is 15.9. The Kier molecular flexibility index (Phi) is 9.60. The number of hydrogen-bond donors (Lipinski definition) is 2. The molecular formula is C41H50ClN3O5. The van der Waals surface area contributed by atoms with E-state index < -0.39 is 11.5 Å². The monoisotopic (exact) mass is 699 g/mol. The Morgan fingerprint density at radius 1 is 1.00 bits per heavy atom. The van der Waals surface area contributed by atoms with E-state index in [0.717, 1.165) is 74.4 Å². The van der Waals surface area contributed by atoms with Crippen molar-refractivity contribution in [1.82, 2.24) is 9.88 Å². The van der Waals surface area contributed by atoms with Crippen LogP contribution in [-0.2, 0) is 29.5 Å². The first-order valence-electron chi connectivity index (χ1n) is 18.9. The summed E-state index contributed by atoms with van der Waals surface area (Å²) in [5.74, 6) is 2.60. The predicted octanol–water partition coefficient (Wildman–Crippen LogP) is 7.88. The molecular weight excluding hydrogens is 650 g/mol. The van der Waals surface area contributed by atoms with Crippen LogP contribution in [0.4, 0.5) is 5.69 Å². The minimum Gasteiger partial charge on any atom is -0.493 e. The maximum atomic E-state index is 13.0. The number of rotatable bonds is 10. The minimum absolute atomic E-state index is 0.139. The molecule has 0 bridgehead atoms. The topological polar surface area (TPSA) is 93.2 Å². The molecule has 1 saturated carbocycles. The molecule has 1 aromatic heterocycles. The maximum absolute atomic E-state index is 13.0. The average molecular weight is 700 g/mol. The number of carboxylic acids is 1. The summed E-state index contributed by atoms with van der Waals surface area (Å²) >= 11 is 6.29. The van der Waals surface area contributed by atoms with Crippen LogP contribution in [0.3, 0.4) is 0 Å². The highest BCUT2D eigenvalue weighted by Crippen LogP contribution is 2.57. The summed E-state index contributed by atoms with van der Waals surface area (Å²) in [6, 6.07) is 13.9. The molecule has 2 N–H and O–H groups in total. The Labute approximate surface area is 300 Å². The van der Waals surface area contributed by atoms with E-state index in [1.807, 2.05) is 36.5 Å². The van der Waals surface area contributed by atoms with Crippen molar-refractivity contribution in [3.63, 3.8) is 0 Å². The van der Waals surface area contributed by atoms with Crippen molar-refractivity contribution in [2.45, 2.75) is 94.4 Å². The lowest BCUT2D eigenvalue weighted by molar-refractivity contribution is -0.144. The van der Waals surface area contributed by atoms with Gasteiger partial charge in [0.15, 0.2) is 11.5 Å². The van der Waals surface area contributed by atoms with Gasteiger partial charge in [-0.25, -0.2) is 4.79 Å². The molecule has 2 atom stereocenters. The van der Waals surface area contributed by atoms with Crippen molar-refractivity contribution < 1.29 is 24.1 Å². The van der Waals surface area contributed by atoms with Crippen molar-refractivity contribution in [3.8, 4) is 17.2 Å². The summed E-state index contributed by atoms with van der Waals surface area (Å²) in [5, 5.41) is 14.6. The number of carbonyl (C=O) groups is 1. The number of halogens is 1. The lowest BCUT2D eigenvalue weighted by Crippen LogP contribution is -2.53. The number of aliphatic carboxylic acids is 1. The zero-order valence-corrected chi connectivity index (χ0v) is 29.8. The molecule has 3 aliphatic carbocycles. The third-order valence-electron chi connectivity index (χ3n) is 12.4. The number of hydrogen-bond acceptors (Lipinski definition) is 7. The van der Waals surface area contributed by atoms with Gasteiger partial charge in [0.25, 0.3) is 0 Å². The fourth-order valence-electron chi connectivity index (χ4n) is 9.69. The molecule has 0 radical (unpaired) electrons. The van der Waals surface area contributed by atoms with Crippen LogP contribution in [0.1, 0.15) is 86.6 Å². The molecule has 0 amide bonds. The van der Waals surface area contributed by atoms with Gasteiger partial charge in [0.1, 0.15) is 11.3 Å². The molecule has 50 heavy (non-hydrogen) atoms. The van der Waals surface area contributed by atoms with Crippen molar-refractivity contribution in [3.05, 3.63) is 76.1 Å². The van der Waals surface area contributed by atoms with E-state index in [-0.39, 0.29) is 5.41 Å². The number of aryl methyl sites for hydroxylation is 1. The molecule has 266 valence electrons. The first-order chi connectivity index (χ1) is 24.4. The van der Waals surface area contributed by atoms with Crippen molar-refractivity contribution in [2.75, 3.05) is 44.8 Å². The summed E-state index contributed by atoms with van der Waals surface area (Å²) in [6.07, 6.45) is 14.4. The number of nitrogens with zero attached hydrogens (tertiary/aromatic N) is 2. The number of likely N-dealkylation sites (tertiary alicyclic amines) is 1. The molecule has 1 spiro atoms. The Morgan fingerprint density at radius 3 is 2.56 bits per heavy atom. The molecule has 8 rings (SSSR count). The SMILES string of the molecule is O=C(O)C1(Nc2cccc(Cl)c2)CCC2(CC1)c1cc3c(cc1CC2CCCOc1ccnc2c1CCCC2)OCC(CN1CCCC1)CO3. The number of benzene rings is 2. The zero-order valence-electron chi connectivity index (χ0n) is 29.1. The highest BCUT2D eigenvalue weighted by molar-refractivity contribution is 6.30. The standard InChI is InChI=1S/C41H50ClN3O5/c42-31-8-5-9-32(23-31)44-41(39(46)47)15-13-40(14-16-41)30(7-6-20-48-36-12-17-43-35-11-2-1-10-33(35)36)21-29-22-37-38(24-34(29)40)50-27-28(26-49-37)25-45-18-3-4-19-45/h5,8-9,12,17,22-24,28,30,44H,1-4,6-7,10-11,13-16,18-21,25-27H2,(H,46,47). The lowest BCUT2D eigenvalue weighted by atomic mass is 9.60. The van der Waals surface area contributed by atoms with E-state index in [9.17, 15) is 9.90 Å². The van der Waals surface area contributed by atoms with Crippen LogP contribution in [-0.4, -0.2) is 66.0 Å². The smallest absolute Gasteiger partial charge is 0.329 e. The Balaban J connectivity index is 1.02. The minimum atomic E-state index is -1.05. The fraction of sp³-hybridized carbons (Fsp3) is 0.561.